The van der Waals surface area contributed by atoms with Crippen molar-refractivity contribution in [3.63, 3.8) is 0 Å². The van der Waals surface area contributed by atoms with Crippen LogP contribution >= 0.6 is 0 Å². The summed E-state index contributed by atoms with van der Waals surface area (Å²) in [6.07, 6.45) is 1.71. The standard InChI is InChI=1S/C32H37N3O4/c1-3-33-31(37)26-13-9-14-27(22-26)32(38)34(2)20-21-35-18-16-28(17-19-35)39-30(36)23-25-12-7-8-15-29(25)24-10-5-4-6-11-24/h4-15,22,28H,3,16-21,23H2,1-2H3,(H,33,37). The summed E-state index contributed by atoms with van der Waals surface area (Å²) in [5.74, 6) is -0.489. The second-order valence-corrected chi connectivity index (χ2v) is 9.90. The summed E-state index contributed by atoms with van der Waals surface area (Å²) < 4.78 is 5.84. The fourth-order valence-electron chi connectivity index (χ4n) is 4.88. The number of hydrogen-bond acceptors (Lipinski definition) is 5. The van der Waals surface area contributed by atoms with Crippen molar-refractivity contribution in [2.45, 2.75) is 32.3 Å². The predicted molar refractivity (Wildman–Crippen MR) is 153 cm³/mol. The van der Waals surface area contributed by atoms with Gasteiger partial charge in [0.2, 0.25) is 0 Å². The van der Waals surface area contributed by atoms with Gasteiger partial charge < -0.3 is 19.9 Å². The topological polar surface area (TPSA) is 79.0 Å². The number of carbonyl (C=O) groups is 3. The molecule has 0 radical (unpaired) electrons. The number of ether oxygens (including phenoxy) is 1. The van der Waals surface area contributed by atoms with Crippen LogP contribution in [0, 0.1) is 0 Å². The van der Waals surface area contributed by atoms with Crippen LogP contribution in [0.1, 0.15) is 46.0 Å². The van der Waals surface area contributed by atoms with E-state index in [1.165, 1.54) is 0 Å². The minimum Gasteiger partial charge on any atom is -0.462 e. The summed E-state index contributed by atoms with van der Waals surface area (Å²) in [4.78, 5) is 41.8. The van der Waals surface area contributed by atoms with Crippen LogP contribution in [0.25, 0.3) is 11.1 Å². The fourth-order valence-corrected chi connectivity index (χ4v) is 4.88. The third kappa shape index (κ3) is 7.77. The van der Waals surface area contributed by atoms with Crippen LogP contribution in [0.5, 0.6) is 0 Å². The summed E-state index contributed by atoms with van der Waals surface area (Å²) in [5.41, 5.74) is 4.10. The highest BCUT2D eigenvalue weighted by Crippen LogP contribution is 2.24. The van der Waals surface area contributed by atoms with Crippen molar-refractivity contribution in [1.82, 2.24) is 15.1 Å². The molecule has 39 heavy (non-hydrogen) atoms. The molecule has 7 heteroatoms. The average Bonchev–Trinajstić information content (AvgIpc) is 2.97. The molecule has 0 aromatic heterocycles. The van der Waals surface area contributed by atoms with E-state index in [2.05, 4.69) is 10.2 Å². The second kappa shape index (κ2) is 13.7. The maximum Gasteiger partial charge on any atom is 0.310 e. The van der Waals surface area contributed by atoms with Gasteiger partial charge in [-0.25, -0.2) is 0 Å². The number of likely N-dealkylation sites (N-methyl/N-ethyl adjacent to an activating group) is 1. The number of likely N-dealkylation sites (tertiary alicyclic amines) is 1. The Morgan fingerprint density at radius 1 is 0.923 bits per heavy atom. The van der Waals surface area contributed by atoms with Gasteiger partial charge in [-0.15, -0.1) is 0 Å². The molecule has 3 aromatic rings. The predicted octanol–water partition coefficient (Wildman–Crippen LogP) is 4.43. The van der Waals surface area contributed by atoms with Crippen molar-refractivity contribution < 1.29 is 19.1 Å². The van der Waals surface area contributed by atoms with Crippen molar-refractivity contribution in [1.29, 1.82) is 0 Å². The molecule has 0 saturated carbocycles. The van der Waals surface area contributed by atoms with E-state index in [9.17, 15) is 14.4 Å². The van der Waals surface area contributed by atoms with Gasteiger partial charge in [0.1, 0.15) is 6.10 Å². The number of esters is 1. The molecule has 4 rings (SSSR count). The minimum atomic E-state index is -0.197. The zero-order valence-corrected chi connectivity index (χ0v) is 22.8. The first kappa shape index (κ1) is 28.0. The quantitative estimate of drug-likeness (QED) is 0.395. The van der Waals surface area contributed by atoms with Gasteiger partial charge >= 0.3 is 5.97 Å². The Hall–Kier alpha value is -3.97. The molecule has 1 fully saturated rings. The highest BCUT2D eigenvalue weighted by atomic mass is 16.5. The number of rotatable bonds is 10. The number of hydrogen-bond donors (Lipinski definition) is 1. The summed E-state index contributed by atoms with van der Waals surface area (Å²) in [6, 6.07) is 24.9. The zero-order chi connectivity index (χ0) is 27.6. The van der Waals surface area contributed by atoms with Gasteiger partial charge in [0.15, 0.2) is 0 Å². The average molecular weight is 528 g/mol. The molecule has 1 aliphatic rings. The zero-order valence-electron chi connectivity index (χ0n) is 22.8. The first-order valence-electron chi connectivity index (χ1n) is 13.6. The molecule has 7 nitrogen and oxygen atoms in total. The molecular formula is C32H37N3O4. The fraction of sp³-hybridized carbons (Fsp3) is 0.344. The van der Waals surface area contributed by atoms with E-state index in [1.54, 1.807) is 36.2 Å². The molecule has 1 saturated heterocycles. The monoisotopic (exact) mass is 527 g/mol. The van der Waals surface area contributed by atoms with Crippen molar-refractivity contribution >= 4 is 17.8 Å². The van der Waals surface area contributed by atoms with Crippen LogP contribution in [-0.4, -0.2) is 73.5 Å². The maximum atomic E-state index is 12.9. The molecule has 0 spiro atoms. The van der Waals surface area contributed by atoms with Gasteiger partial charge in [0.25, 0.3) is 11.8 Å². The summed E-state index contributed by atoms with van der Waals surface area (Å²) in [5, 5.41) is 2.76. The third-order valence-electron chi connectivity index (χ3n) is 7.08. The Balaban J connectivity index is 1.22. The lowest BCUT2D eigenvalue weighted by atomic mass is 9.98. The number of nitrogens with zero attached hydrogens (tertiary/aromatic N) is 2. The summed E-state index contributed by atoms with van der Waals surface area (Å²) in [6.45, 7) is 5.34. The van der Waals surface area contributed by atoms with Crippen molar-refractivity contribution in [3.8, 4) is 11.1 Å². The van der Waals surface area contributed by atoms with E-state index < -0.39 is 0 Å². The number of benzene rings is 3. The number of amides is 2. The molecule has 3 aromatic carbocycles. The highest BCUT2D eigenvalue weighted by Gasteiger charge is 2.23. The first-order chi connectivity index (χ1) is 18.9. The molecule has 2 amide bonds. The van der Waals surface area contributed by atoms with Crippen LogP contribution in [0.15, 0.2) is 78.9 Å². The lowest BCUT2D eigenvalue weighted by Crippen LogP contribution is -2.42. The summed E-state index contributed by atoms with van der Waals surface area (Å²) >= 11 is 0. The van der Waals surface area contributed by atoms with E-state index in [0.29, 0.717) is 24.2 Å². The molecule has 0 aliphatic carbocycles. The Morgan fingerprint density at radius 2 is 1.62 bits per heavy atom. The lowest BCUT2D eigenvalue weighted by molar-refractivity contribution is -0.150. The van der Waals surface area contributed by atoms with E-state index in [1.807, 2.05) is 61.5 Å². The first-order valence-corrected chi connectivity index (χ1v) is 13.6. The molecule has 0 unspecified atom stereocenters. The van der Waals surface area contributed by atoms with Crippen molar-refractivity contribution in [2.75, 3.05) is 39.8 Å². The molecule has 1 aliphatic heterocycles. The van der Waals surface area contributed by atoms with Crippen molar-refractivity contribution in [2.24, 2.45) is 0 Å². The van der Waals surface area contributed by atoms with Gasteiger partial charge in [-0.1, -0.05) is 60.7 Å². The minimum absolute atomic E-state index is 0.0889. The molecule has 1 N–H and O–H groups in total. The van der Waals surface area contributed by atoms with Gasteiger partial charge in [0.05, 0.1) is 6.42 Å². The normalized spacial score (nSPS) is 14.0. The van der Waals surface area contributed by atoms with Crippen LogP contribution in [0.3, 0.4) is 0 Å². The van der Waals surface area contributed by atoms with Crippen molar-refractivity contribution in [3.05, 3.63) is 95.6 Å². The Bertz CT molecular complexity index is 1270. The van der Waals surface area contributed by atoms with Crippen LogP contribution in [0.2, 0.25) is 0 Å². The van der Waals surface area contributed by atoms with Gasteiger partial charge in [0, 0.05) is 50.9 Å². The number of nitrogens with one attached hydrogen (secondary N) is 1. The van der Waals surface area contributed by atoms with Crippen LogP contribution < -0.4 is 5.32 Å². The van der Waals surface area contributed by atoms with Gasteiger partial charge in [-0.2, -0.15) is 0 Å². The second-order valence-electron chi connectivity index (χ2n) is 9.90. The highest BCUT2D eigenvalue weighted by molar-refractivity contribution is 5.99. The molecule has 0 bridgehead atoms. The van der Waals surface area contributed by atoms with E-state index in [4.69, 9.17) is 4.74 Å². The molecule has 204 valence electrons. The van der Waals surface area contributed by atoms with E-state index in [0.717, 1.165) is 49.2 Å². The lowest BCUT2D eigenvalue weighted by Gasteiger charge is -2.32. The molecule has 1 heterocycles. The molecular weight excluding hydrogens is 490 g/mol. The number of piperidine rings is 1. The number of carbonyl (C=O) groups excluding carboxylic acids is 3. The maximum absolute atomic E-state index is 12.9. The Kier molecular flexibility index (Phi) is 9.86. The largest absolute Gasteiger partial charge is 0.462 e. The van der Waals surface area contributed by atoms with E-state index >= 15 is 0 Å². The Morgan fingerprint density at radius 3 is 2.36 bits per heavy atom. The Labute approximate surface area is 230 Å². The van der Waals surface area contributed by atoms with Gasteiger partial charge in [-0.3, -0.25) is 14.4 Å². The smallest absolute Gasteiger partial charge is 0.310 e. The van der Waals surface area contributed by atoms with E-state index in [-0.39, 0.29) is 30.3 Å². The summed E-state index contributed by atoms with van der Waals surface area (Å²) in [7, 11) is 1.78. The van der Waals surface area contributed by atoms with Crippen LogP contribution in [-0.2, 0) is 16.0 Å². The molecule has 0 atom stereocenters. The van der Waals surface area contributed by atoms with Gasteiger partial charge in [-0.05, 0) is 54.7 Å². The third-order valence-corrected chi connectivity index (χ3v) is 7.08. The van der Waals surface area contributed by atoms with Crippen LogP contribution in [0.4, 0.5) is 0 Å². The SMILES string of the molecule is CCNC(=O)c1cccc(C(=O)N(C)CCN2CCC(OC(=O)Cc3ccccc3-c3ccccc3)CC2)c1.